The maximum Gasteiger partial charge on any atom is 0.314 e. The van der Waals surface area contributed by atoms with Gasteiger partial charge in [-0.25, -0.2) is 0 Å². The van der Waals surface area contributed by atoms with Crippen molar-refractivity contribution in [2.24, 2.45) is 27.7 Å². The Bertz CT molecular complexity index is 803. The van der Waals surface area contributed by atoms with Gasteiger partial charge in [0.25, 0.3) is 0 Å². The molecule has 0 spiro atoms. The molecule has 2 aliphatic rings. The van der Waals surface area contributed by atoms with Crippen molar-refractivity contribution in [2.45, 2.75) is 69.2 Å². The summed E-state index contributed by atoms with van der Waals surface area (Å²) in [5, 5.41) is 0. The van der Waals surface area contributed by atoms with Gasteiger partial charge in [0.05, 0.1) is 18.2 Å². The molecule has 2 rings (SSSR count). The number of allylic oxidation sites excluding steroid dienone is 6. The minimum absolute atomic E-state index is 0.124. The van der Waals surface area contributed by atoms with Crippen LogP contribution >= 0.6 is 0 Å². The molecule has 1 saturated carbocycles. The van der Waals surface area contributed by atoms with E-state index < -0.39 is 0 Å². The highest BCUT2D eigenvalue weighted by atomic mass is 16.5. The molecule has 0 aliphatic heterocycles. The maximum absolute atomic E-state index is 13.1. The second-order valence-electron chi connectivity index (χ2n) is 8.65. The van der Waals surface area contributed by atoms with Gasteiger partial charge >= 0.3 is 5.97 Å². The van der Waals surface area contributed by atoms with Gasteiger partial charge in [0, 0.05) is 17.0 Å². The molecule has 4 unspecified atom stereocenters. The summed E-state index contributed by atoms with van der Waals surface area (Å²) in [4.78, 5) is 18.0. The van der Waals surface area contributed by atoms with Gasteiger partial charge in [0.2, 0.25) is 0 Å². The van der Waals surface area contributed by atoms with Crippen molar-refractivity contribution in [1.29, 1.82) is 0 Å². The van der Waals surface area contributed by atoms with Crippen molar-refractivity contribution < 1.29 is 9.53 Å². The second-order valence-corrected chi connectivity index (χ2v) is 8.65. The molecule has 0 aromatic heterocycles. The van der Waals surface area contributed by atoms with E-state index in [2.05, 4.69) is 60.6 Å². The first kappa shape index (κ1) is 22.4. The first-order valence-electron chi connectivity index (χ1n) is 10.4. The molecule has 0 aromatic rings. The number of hydrogen-bond acceptors (Lipinski definition) is 3. The highest BCUT2D eigenvalue weighted by Crippen LogP contribution is 2.72. The lowest BCUT2D eigenvalue weighted by Gasteiger charge is -2.35. The monoisotopic (exact) mass is 383 g/mol. The summed E-state index contributed by atoms with van der Waals surface area (Å²) in [6.07, 6.45) is 6.12. The average Bonchev–Trinajstić information content (AvgIpc) is 2.92. The molecular weight excluding hydrogens is 346 g/mol. The van der Waals surface area contributed by atoms with Crippen LogP contribution in [0.4, 0.5) is 0 Å². The van der Waals surface area contributed by atoms with Crippen LogP contribution in [0.3, 0.4) is 0 Å². The quantitative estimate of drug-likeness (QED) is 0.311. The molecule has 1 fully saturated rings. The van der Waals surface area contributed by atoms with Gasteiger partial charge in [-0.05, 0) is 71.1 Å². The Balaban J connectivity index is 2.74. The summed E-state index contributed by atoms with van der Waals surface area (Å²) in [6.45, 7) is 21.6. The van der Waals surface area contributed by atoms with Crippen molar-refractivity contribution in [3.05, 3.63) is 46.2 Å². The van der Waals surface area contributed by atoms with Crippen LogP contribution in [-0.4, -0.2) is 18.3 Å². The summed E-state index contributed by atoms with van der Waals surface area (Å²) in [7, 11) is 0. The van der Waals surface area contributed by atoms with E-state index in [4.69, 9.17) is 9.73 Å². The van der Waals surface area contributed by atoms with Gasteiger partial charge in [0.15, 0.2) is 0 Å². The molecule has 3 heteroatoms. The molecule has 4 atom stereocenters. The third-order valence-corrected chi connectivity index (χ3v) is 7.89. The molecule has 0 radical (unpaired) electrons. The Labute approximate surface area is 171 Å². The number of ether oxygens (including phenoxy) is 1. The molecule has 28 heavy (non-hydrogen) atoms. The van der Waals surface area contributed by atoms with Crippen LogP contribution in [0.5, 0.6) is 0 Å². The minimum atomic E-state index is -0.280. The Morgan fingerprint density at radius 3 is 2.11 bits per heavy atom. The molecule has 3 nitrogen and oxygen atoms in total. The topological polar surface area (TPSA) is 38.7 Å². The van der Waals surface area contributed by atoms with E-state index in [0.717, 1.165) is 22.4 Å². The third-order valence-electron chi connectivity index (χ3n) is 7.89. The standard InChI is InChI=1S/C25H37NO2/c1-11-15(4)22(16(5)12-2)26-14-20-21(23(27)28-13-3)25(10)18(7)17(6)24(20,9)19(25)8/h11-12,14,19,21H,13H2,1-10H3/b15-11-,16-12?,20-14-,26-22-. The third kappa shape index (κ3) is 2.94. The Morgan fingerprint density at radius 2 is 1.64 bits per heavy atom. The lowest BCUT2D eigenvalue weighted by Crippen LogP contribution is -2.35. The Morgan fingerprint density at radius 1 is 1.11 bits per heavy atom. The van der Waals surface area contributed by atoms with Crippen molar-refractivity contribution in [2.75, 3.05) is 6.61 Å². The molecular formula is C25H37NO2. The van der Waals surface area contributed by atoms with E-state index in [0.29, 0.717) is 12.5 Å². The van der Waals surface area contributed by atoms with Crippen LogP contribution in [0.2, 0.25) is 0 Å². The predicted octanol–water partition coefficient (Wildman–Crippen LogP) is 6.44. The molecule has 2 aliphatic carbocycles. The predicted molar refractivity (Wildman–Crippen MR) is 118 cm³/mol. The highest BCUT2D eigenvalue weighted by molar-refractivity contribution is 6.11. The number of carbonyl (C=O) groups is 1. The molecule has 0 saturated heterocycles. The Kier molecular flexibility index (Phi) is 6.28. The number of rotatable bonds is 5. The van der Waals surface area contributed by atoms with Crippen LogP contribution in [-0.2, 0) is 9.53 Å². The van der Waals surface area contributed by atoms with Crippen molar-refractivity contribution >= 4 is 11.7 Å². The van der Waals surface area contributed by atoms with E-state index in [1.54, 1.807) is 0 Å². The van der Waals surface area contributed by atoms with Crippen molar-refractivity contribution in [3.63, 3.8) is 0 Å². The van der Waals surface area contributed by atoms with Gasteiger partial charge in [-0.3, -0.25) is 9.79 Å². The smallest absolute Gasteiger partial charge is 0.314 e. The van der Waals surface area contributed by atoms with Crippen LogP contribution in [0, 0.1) is 22.7 Å². The van der Waals surface area contributed by atoms with Crippen molar-refractivity contribution in [1.82, 2.24) is 0 Å². The number of carbonyl (C=O) groups excluding carboxylic acids is 1. The van der Waals surface area contributed by atoms with Crippen LogP contribution in [0.15, 0.2) is 51.2 Å². The lowest BCUT2D eigenvalue weighted by molar-refractivity contribution is -0.149. The number of hydrogen-bond donors (Lipinski definition) is 0. The molecule has 0 amide bonds. The van der Waals surface area contributed by atoms with E-state index >= 15 is 0 Å². The number of fused-ring (bicyclic) bond motifs is 2. The average molecular weight is 384 g/mol. The summed E-state index contributed by atoms with van der Waals surface area (Å²) in [6, 6.07) is 0. The zero-order chi connectivity index (χ0) is 21.4. The lowest BCUT2D eigenvalue weighted by atomic mass is 9.69. The van der Waals surface area contributed by atoms with E-state index in [1.165, 1.54) is 11.1 Å². The number of aliphatic imine (C=N–C) groups is 1. The second kappa shape index (κ2) is 7.85. The van der Waals surface area contributed by atoms with Gasteiger partial charge < -0.3 is 4.74 Å². The molecule has 0 heterocycles. The number of nitrogens with zero attached hydrogens (tertiary/aromatic N) is 1. The molecule has 154 valence electrons. The van der Waals surface area contributed by atoms with Crippen LogP contribution in [0.25, 0.3) is 0 Å². The van der Waals surface area contributed by atoms with Crippen LogP contribution < -0.4 is 0 Å². The van der Waals surface area contributed by atoms with Gasteiger partial charge in [-0.2, -0.15) is 0 Å². The van der Waals surface area contributed by atoms with E-state index in [1.807, 2.05) is 27.0 Å². The van der Waals surface area contributed by atoms with Gasteiger partial charge in [-0.1, -0.05) is 44.1 Å². The van der Waals surface area contributed by atoms with Crippen molar-refractivity contribution in [3.8, 4) is 0 Å². The zero-order valence-corrected chi connectivity index (χ0v) is 19.4. The Hall–Kier alpha value is -1.90. The molecule has 0 N–H and O–H groups in total. The summed E-state index contributed by atoms with van der Waals surface area (Å²) in [5.41, 5.74) is 6.65. The molecule has 0 aromatic carbocycles. The fraction of sp³-hybridized carbons (Fsp3) is 0.600. The minimum Gasteiger partial charge on any atom is -0.466 e. The zero-order valence-electron chi connectivity index (χ0n) is 19.4. The summed E-state index contributed by atoms with van der Waals surface area (Å²) in [5.74, 6) is -0.0798. The fourth-order valence-corrected chi connectivity index (χ4v) is 5.33. The first-order chi connectivity index (χ1) is 13.0. The fourth-order valence-electron chi connectivity index (χ4n) is 5.33. The van der Waals surface area contributed by atoms with Gasteiger partial charge in [0.1, 0.15) is 0 Å². The number of esters is 1. The summed E-state index contributed by atoms with van der Waals surface area (Å²) < 4.78 is 5.52. The molecule has 2 bridgehead atoms. The SMILES string of the molecule is CC=C(C)C(=N\C=C1\C(C(=O)OCC)C2(C)C(C)=C(C)C1(C)C2C)/C(C)=C\C. The largest absolute Gasteiger partial charge is 0.466 e. The van der Waals surface area contributed by atoms with E-state index in [9.17, 15) is 4.79 Å². The maximum atomic E-state index is 13.1. The van der Waals surface area contributed by atoms with E-state index in [-0.39, 0.29) is 22.7 Å². The highest BCUT2D eigenvalue weighted by Gasteiger charge is 2.67. The normalized spacial score (nSPS) is 35.2. The van der Waals surface area contributed by atoms with Gasteiger partial charge in [-0.15, -0.1) is 0 Å². The first-order valence-corrected chi connectivity index (χ1v) is 10.4. The summed E-state index contributed by atoms with van der Waals surface area (Å²) >= 11 is 0. The van der Waals surface area contributed by atoms with Crippen LogP contribution in [0.1, 0.15) is 69.2 Å².